The molecule has 0 fully saturated rings. The van der Waals surface area contributed by atoms with Crippen LogP contribution < -0.4 is 15.8 Å². The highest BCUT2D eigenvalue weighted by molar-refractivity contribution is 6.08. The summed E-state index contributed by atoms with van der Waals surface area (Å²) in [6, 6.07) is 13.6. The summed E-state index contributed by atoms with van der Waals surface area (Å²) >= 11 is 0. The second kappa shape index (κ2) is 9.74. The molecule has 0 aliphatic carbocycles. The number of nitrogen functional groups attached to an aromatic ring is 1. The number of nitrogens with one attached hydrogen (secondary N) is 1. The molecule has 5 rings (SSSR count). The Morgan fingerprint density at radius 2 is 1.87 bits per heavy atom. The smallest absolute Gasteiger partial charge is 0.322 e. The third-order valence-corrected chi connectivity index (χ3v) is 5.99. The highest BCUT2D eigenvalue weighted by Crippen LogP contribution is 2.43. The Bertz CT molecular complexity index is 1710. The predicted octanol–water partition coefficient (Wildman–Crippen LogP) is 5.43. The first-order valence-electron chi connectivity index (χ1n) is 11.7. The Hall–Kier alpha value is -5.12. The van der Waals surface area contributed by atoms with Crippen LogP contribution in [0.15, 0.2) is 73.2 Å². The lowest BCUT2D eigenvalue weighted by Gasteiger charge is -2.12. The van der Waals surface area contributed by atoms with E-state index in [0.717, 1.165) is 11.3 Å². The molecule has 190 valence electrons. The van der Waals surface area contributed by atoms with E-state index in [1.807, 2.05) is 30.7 Å². The number of aromatic nitrogens is 5. The maximum Gasteiger partial charge on any atom is 0.322 e. The molecule has 0 aliphatic rings. The van der Waals surface area contributed by atoms with Crippen molar-refractivity contribution in [2.75, 3.05) is 11.1 Å². The minimum absolute atomic E-state index is 0.125. The number of halogens is 1. The number of fused-ring (bicyclic) bond motifs is 1. The number of amides is 1. The van der Waals surface area contributed by atoms with Gasteiger partial charge in [0.2, 0.25) is 0 Å². The summed E-state index contributed by atoms with van der Waals surface area (Å²) in [6.07, 6.45) is 2.94. The largest absolute Gasteiger partial charge is 0.424 e. The highest BCUT2D eigenvalue weighted by atomic mass is 19.1. The van der Waals surface area contributed by atoms with Crippen LogP contribution in [0.25, 0.3) is 33.4 Å². The van der Waals surface area contributed by atoms with Crippen molar-refractivity contribution in [3.63, 3.8) is 0 Å². The van der Waals surface area contributed by atoms with E-state index in [4.69, 9.17) is 10.5 Å². The van der Waals surface area contributed by atoms with Crippen LogP contribution >= 0.6 is 0 Å². The van der Waals surface area contributed by atoms with Gasteiger partial charge in [-0.2, -0.15) is 0 Å². The summed E-state index contributed by atoms with van der Waals surface area (Å²) in [4.78, 5) is 28.8. The van der Waals surface area contributed by atoms with Crippen molar-refractivity contribution in [2.24, 2.45) is 7.05 Å². The van der Waals surface area contributed by atoms with Gasteiger partial charge in [-0.25, -0.2) is 24.3 Å². The van der Waals surface area contributed by atoms with E-state index >= 15 is 4.39 Å². The molecular formula is C28H24FN7O2. The van der Waals surface area contributed by atoms with E-state index in [1.54, 1.807) is 43.5 Å². The average molecular weight is 510 g/mol. The maximum atomic E-state index is 15.7. The molecule has 0 saturated carbocycles. The van der Waals surface area contributed by atoms with Crippen LogP contribution in [0.3, 0.4) is 0 Å². The van der Waals surface area contributed by atoms with Gasteiger partial charge in [0.15, 0.2) is 0 Å². The van der Waals surface area contributed by atoms with E-state index in [1.165, 1.54) is 12.4 Å². The molecule has 0 aliphatic heterocycles. The second-order valence-electron chi connectivity index (χ2n) is 8.78. The molecule has 3 heterocycles. The number of anilines is 2. The van der Waals surface area contributed by atoms with Gasteiger partial charge >= 0.3 is 6.01 Å². The van der Waals surface area contributed by atoms with E-state index < -0.39 is 5.82 Å². The Kier molecular flexibility index (Phi) is 6.29. The van der Waals surface area contributed by atoms with Crippen molar-refractivity contribution in [3.8, 4) is 34.1 Å². The predicted molar refractivity (Wildman–Crippen MR) is 144 cm³/mol. The van der Waals surface area contributed by atoms with Crippen LogP contribution in [0.2, 0.25) is 0 Å². The molecule has 0 atom stereocenters. The van der Waals surface area contributed by atoms with Gasteiger partial charge in [-0.15, -0.1) is 0 Å². The number of rotatable bonds is 6. The van der Waals surface area contributed by atoms with Crippen molar-refractivity contribution in [2.45, 2.75) is 13.8 Å². The number of aryl methyl sites for hydroxylation is 2. The lowest BCUT2D eigenvalue weighted by atomic mass is 9.98. The number of carbonyl (C=O) groups excluding carboxylic acids is 1. The SMILES string of the molecule is C=C(C)C(=O)Nc1ccc(-c2c(-c3ccc(Oc4nccc(C)n4)cc3F)c3c(N)ncnc3n2C)cc1. The van der Waals surface area contributed by atoms with Gasteiger partial charge in [-0.3, -0.25) is 4.79 Å². The van der Waals surface area contributed by atoms with Gasteiger partial charge in [0.05, 0.1) is 11.1 Å². The summed E-state index contributed by atoms with van der Waals surface area (Å²) < 4.78 is 23.2. The number of benzene rings is 2. The van der Waals surface area contributed by atoms with Crippen LogP contribution in [-0.4, -0.2) is 30.4 Å². The Labute approximate surface area is 217 Å². The first kappa shape index (κ1) is 24.6. The number of nitrogens with two attached hydrogens (primary N) is 1. The molecule has 9 nitrogen and oxygen atoms in total. The number of nitrogens with zero attached hydrogens (tertiary/aromatic N) is 5. The molecule has 0 saturated heterocycles. The lowest BCUT2D eigenvalue weighted by Crippen LogP contribution is -2.11. The van der Waals surface area contributed by atoms with Gasteiger partial charge in [0.25, 0.3) is 5.91 Å². The topological polar surface area (TPSA) is 121 Å². The zero-order valence-corrected chi connectivity index (χ0v) is 21.0. The van der Waals surface area contributed by atoms with Crippen LogP contribution in [0.1, 0.15) is 12.6 Å². The first-order valence-corrected chi connectivity index (χ1v) is 11.7. The van der Waals surface area contributed by atoms with Crippen LogP contribution in [0, 0.1) is 12.7 Å². The number of hydrogen-bond acceptors (Lipinski definition) is 7. The molecule has 5 aromatic rings. The minimum atomic E-state index is -0.530. The van der Waals surface area contributed by atoms with E-state index in [-0.39, 0.29) is 23.5 Å². The summed E-state index contributed by atoms with van der Waals surface area (Å²) in [7, 11) is 1.83. The average Bonchev–Trinajstić information content (AvgIpc) is 3.18. The first-order chi connectivity index (χ1) is 18.2. The number of ether oxygens (including phenoxy) is 1. The summed E-state index contributed by atoms with van der Waals surface area (Å²) in [5.41, 5.74) is 10.8. The molecule has 0 unspecified atom stereocenters. The van der Waals surface area contributed by atoms with Gasteiger partial charge in [-0.05, 0) is 49.7 Å². The van der Waals surface area contributed by atoms with Crippen molar-refractivity contribution in [3.05, 3.63) is 84.7 Å². The van der Waals surface area contributed by atoms with Crippen molar-refractivity contribution in [1.29, 1.82) is 0 Å². The van der Waals surface area contributed by atoms with Crippen LogP contribution in [0.4, 0.5) is 15.9 Å². The second-order valence-corrected chi connectivity index (χ2v) is 8.78. The highest BCUT2D eigenvalue weighted by Gasteiger charge is 2.24. The third kappa shape index (κ3) is 4.55. The van der Waals surface area contributed by atoms with Gasteiger partial charge < -0.3 is 20.4 Å². The van der Waals surface area contributed by atoms with Gasteiger partial charge in [0, 0.05) is 47.4 Å². The zero-order chi connectivity index (χ0) is 27.0. The molecule has 38 heavy (non-hydrogen) atoms. The molecule has 0 bridgehead atoms. The molecule has 2 aromatic carbocycles. The summed E-state index contributed by atoms with van der Waals surface area (Å²) in [5, 5.41) is 3.31. The molecule has 0 spiro atoms. The molecule has 3 aromatic heterocycles. The Morgan fingerprint density at radius 1 is 1.11 bits per heavy atom. The maximum absolute atomic E-state index is 15.7. The van der Waals surface area contributed by atoms with Crippen molar-refractivity contribution >= 4 is 28.4 Å². The van der Waals surface area contributed by atoms with Gasteiger partial charge in [-0.1, -0.05) is 18.7 Å². The molecule has 3 N–H and O–H groups in total. The summed E-state index contributed by atoms with van der Waals surface area (Å²) in [5.74, 6) is -0.324. The normalized spacial score (nSPS) is 10.9. The Morgan fingerprint density at radius 3 is 2.55 bits per heavy atom. The molecule has 1 amide bonds. The fourth-order valence-electron chi connectivity index (χ4n) is 4.17. The van der Waals surface area contributed by atoms with E-state index in [9.17, 15) is 4.79 Å². The van der Waals surface area contributed by atoms with Gasteiger partial charge in [0.1, 0.15) is 29.4 Å². The fourth-order valence-corrected chi connectivity index (χ4v) is 4.17. The van der Waals surface area contributed by atoms with Crippen LogP contribution in [-0.2, 0) is 11.8 Å². The fraction of sp³-hybridized carbons (Fsp3) is 0.107. The summed E-state index contributed by atoms with van der Waals surface area (Å²) in [6.45, 7) is 7.10. The van der Waals surface area contributed by atoms with Crippen molar-refractivity contribution < 1.29 is 13.9 Å². The molecular weight excluding hydrogens is 485 g/mol. The standard InChI is InChI=1S/C28H24FN7O2/c1-15(2)27(37)35-18-7-5-17(6-8-18)24-22(23-25(30)32-14-33-26(23)36(24)4)20-10-9-19(13-21(20)29)38-28-31-12-11-16(3)34-28/h5-14H,1H2,2-4H3,(H,35,37)(H2,30,32,33). The molecule has 0 radical (unpaired) electrons. The number of carbonyl (C=O) groups is 1. The molecule has 10 heteroatoms. The Balaban J connectivity index is 1.62. The minimum Gasteiger partial charge on any atom is -0.424 e. The number of hydrogen-bond donors (Lipinski definition) is 2. The lowest BCUT2D eigenvalue weighted by molar-refractivity contribution is -0.112. The van der Waals surface area contributed by atoms with E-state index in [2.05, 4.69) is 31.8 Å². The van der Waals surface area contributed by atoms with Crippen molar-refractivity contribution in [1.82, 2.24) is 24.5 Å². The zero-order valence-electron chi connectivity index (χ0n) is 21.0. The third-order valence-electron chi connectivity index (χ3n) is 5.99. The monoisotopic (exact) mass is 509 g/mol. The van der Waals surface area contributed by atoms with Crippen LogP contribution in [0.5, 0.6) is 11.8 Å². The van der Waals surface area contributed by atoms with E-state index in [0.29, 0.717) is 39.1 Å². The quantitative estimate of drug-likeness (QED) is 0.293.